The lowest BCUT2D eigenvalue weighted by Crippen LogP contribution is -2.13. The van der Waals surface area contributed by atoms with Crippen LogP contribution in [0.5, 0.6) is 5.75 Å². The lowest BCUT2D eigenvalue weighted by molar-refractivity contribution is 0.0979. The number of methoxy groups -OCH3 is 1. The second-order valence-corrected chi connectivity index (χ2v) is 4.48. The molecule has 1 aromatic carbocycles. The third-order valence-electron chi connectivity index (χ3n) is 2.90. The highest BCUT2D eigenvalue weighted by molar-refractivity contribution is 6.31. The highest BCUT2D eigenvalue weighted by Crippen LogP contribution is 2.22. The summed E-state index contributed by atoms with van der Waals surface area (Å²) < 4.78 is 6.82. The van der Waals surface area contributed by atoms with Gasteiger partial charge >= 0.3 is 0 Å². The zero-order valence-corrected chi connectivity index (χ0v) is 11.6. The molecule has 4 nitrogen and oxygen atoms in total. The summed E-state index contributed by atoms with van der Waals surface area (Å²) in [6, 6.07) is 7.33. The Hall–Kier alpha value is -1.81. The maximum atomic E-state index is 12.4. The molecule has 0 N–H and O–H groups in total. The summed E-state index contributed by atoms with van der Waals surface area (Å²) in [4.78, 5) is 12.4. The lowest BCUT2D eigenvalue weighted by atomic mass is 10.1. The van der Waals surface area contributed by atoms with Gasteiger partial charge in [0.05, 0.1) is 13.3 Å². The first-order valence-electron chi connectivity index (χ1n) is 6.03. The fourth-order valence-electron chi connectivity index (χ4n) is 1.94. The monoisotopic (exact) mass is 278 g/mol. The molecular weight excluding hydrogens is 264 g/mol. The first-order valence-corrected chi connectivity index (χ1v) is 6.41. The normalized spacial score (nSPS) is 10.5. The Morgan fingerprint density at radius 2 is 2.16 bits per heavy atom. The highest BCUT2D eigenvalue weighted by atomic mass is 35.5. The molecule has 1 heterocycles. The van der Waals surface area contributed by atoms with E-state index in [1.165, 1.54) is 7.11 Å². The molecular formula is C14H15ClN2O2. The number of Topliss-reactive ketones (excluding diaryl/α,β-unsaturated/α-hetero) is 1. The average Bonchev–Trinajstić information content (AvgIpc) is 2.84. The first kappa shape index (κ1) is 13.6. The van der Waals surface area contributed by atoms with Gasteiger partial charge in [0.1, 0.15) is 5.69 Å². The number of carbonyl (C=O) groups excluding carboxylic acids is 1. The fraction of sp³-hybridized carbons (Fsp3) is 0.286. The zero-order valence-electron chi connectivity index (χ0n) is 10.9. The van der Waals surface area contributed by atoms with Crippen LogP contribution in [0.15, 0.2) is 30.5 Å². The molecule has 0 bridgehead atoms. The molecule has 2 rings (SSSR count). The fourth-order valence-corrected chi connectivity index (χ4v) is 2.14. The molecule has 0 unspecified atom stereocenters. The van der Waals surface area contributed by atoms with Crippen molar-refractivity contribution >= 4 is 17.4 Å². The first-order chi connectivity index (χ1) is 9.17. The lowest BCUT2D eigenvalue weighted by Gasteiger charge is -2.07. The van der Waals surface area contributed by atoms with Crippen LogP contribution in [0.3, 0.4) is 0 Å². The van der Waals surface area contributed by atoms with E-state index < -0.39 is 0 Å². The van der Waals surface area contributed by atoms with Gasteiger partial charge in [-0.05, 0) is 18.6 Å². The van der Waals surface area contributed by atoms with Gasteiger partial charge in [0, 0.05) is 18.0 Å². The Kier molecular flexibility index (Phi) is 4.22. The van der Waals surface area contributed by atoms with Gasteiger partial charge in [-0.3, -0.25) is 9.48 Å². The van der Waals surface area contributed by atoms with Crippen molar-refractivity contribution in [2.45, 2.75) is 19.9 Å². The predicted octanol–water partition coefficient (Wildman–Crippen LogP) is 2.99. The maximum absolute atomic E-state index is 12.4. The van der Waals surface area contributed by atoms with E-state index in [9.17, 15) is 4.79 Å². The van der Waals surface area contributed by atoms with Crippen LogP contribution in [0.1, 0.15) is 23.0 Å². The molecule has 0 saturated carbocycles. The Labute approximate surface area is 116 Å². The number of carbonyl (C=O) groups is 1. The van der Waals surface area contributed by atoms with Crippen molar-refractivity contribution in [3.63, 3.8) is 0 Å². The predicted molar refractivity (Wildman–Crippen MR) is 73.9 cm³/mol. The van der Waals surface area contributed by atoms with Crippen LogP contribution in [0.4, 0.5) is 0 Å². The molecule has 0 spiro atoms. The quantitative estimate of drug-likeness (QED) is 0.790. The zero-order chi connectivity index (χ0) is 13.8. The summed E-state index contributed by atoms with van der Waals surface area (Å²) in [6.07, 6.45) is 1.80. The number of ketones is 1. The van der Waals surface area contributed by atoms with Crippen molar-refractivity contribution in [3.05, 3.63) is 46.7 Å². The molecule has 0 aliphatic carbocycles. The van der Waals surface area contributed by atoms with Crippen LogP contribution in [0.25, 0.3) is 0 Å². The molecule has 0 aliphatic rings. The van der Waals surface area contributed by atoms with E-state index in [1.54, 1.807) is 16.9 Å². The topological polar surface area (TPSA) is 44.1 Å². The summed E-state index contributed by atoms with van der Waals surface area (Å²) in [6.45, 7) is 2.55. The van der Waals surface area contributed by atoms with Crippen molar-refractivity contribution in [3.8, 4) is 5.75 Å². The molecule has 5 heteroatoms. The van der Waals surface area contributed by atoms with Gasteiger partial charge in [-0.2, -0.15) is 5.10 Å². The number of aromatic nitrogens is 2. The summed E-state index contributed by atoms with van der Waals surface area (Å²) >= 11 is 6.07. The van der Waals surface area contributed by atoms with E-state index in [0.717, 1.165) is 5.56 Å². The van der Waals surface area contributed by atoms with E-state index in [2.05, 4.69) is 5.10 Å². The molecule has 0 aliphatic heterocycles. The molecule has 0 fully saturated rings. The van der Waals surface area contributed by atoms with Crippen molar-refractivity contribution in [2.24, 2.45) is 0 Å². The average molecular weight is 279 g/mol. The van der Waals surface area contributed by atoms with Crippen molar-refractivity contribution in [2.75, 3.05) is 7.11 Å². The molecule has 19 heavy (non-hydrogen) atoms. The second-order valence-electron chi connectivity index (χ2n) is 4.07. The Bertz CT molecular complexity index is 571. The van der Waals surface area contributed by atoms with Crippen LogP contribution in [-0.2, 0) is 13.0 Å². The minimum atomic E-state index is -0.0516. The standard InChI is InChI=1S/C14H15ClN2O2/c1-3-17-14(13(19-2)9-16-17)12(18)8-10-6-4-5-7-11(10)15/h4-7,9H,3,8H2,1-2H3. The van der Waals surface area contributed by atoms with Crippen LogP contribution in [-0.4, -0.2) is 22.7 Å². The molecule has 0 atom stereocenters. The smallest absolute Gasteiger partial charge is 0.189 e. The van der Waals surface area contributed by atoms with Gasteiger partial charge < -0.3 is 4.74 Å². The SMILES string of the molecule is CCn1ncc(OC)c1C(=O)Cc1ccccc1Cl. The summed E-state index contributed by atoms with van der Waals surface area (Å²) in [5.41, 5.74) is 1.30. The van der Waals surface area contributed by atoms with E-state index in [-0.39, 0.29) is 12.2 Å². The van der Waals surface area contributed by atoms with Gasteiger partial charge in [-0.15, -0.1) is 0 Å². The molecule has 0 radical (unpaired) electrons. The number of hydrogen-bond acceptors (Lipinski definition) is 3. The number of ether oxygens (including phenoxy) is 1. The molecule has 0 amide bonds. The number of rotatable bonds is 5. The van der Waals surface area contributed by atoms with E-state index in [1.807, 2.05) is 25.1 Å². The Balaban J connectivity index is 2.30. The van der Waals surface area contributed by atoms with Crippen LogP contribution < -0.4 is 4.74 Å². The molecule has 2 aromatic rings. The van der Waals surface area contributed by atoms with Gasteiger partial charge in [-0.1, -0.05) is 29.8 Å². The number of hydrogen-bond donors (Lipinski definition) is 0. The van der Waals surface area contributed by atoms with E-state index in [4.69, 9.17) is 16.3 Å². The third-order valence-corrected chi connectivity index (χ3v) is 3.27. The van der Waals surface area contributed by atoms with E-state index >= 15 is 0 Å². The van der Waals surface area contributed by atoms with Gasteiger partial charge in [0.15, 0.2) is 11.5 Å². The van der Waals surface area contributed by atoms with Crippen LogP contribution in [0, 0.1) is 0 Å². The highest BCUT2D eigenvalue weighted by Gasteiger charge is 2.19. The second kappa shape index (κ2) is 5.89. The summed E-state index contributed by atoms with van der Waals surface area (Å²) in [5, 5.41) is 4.72. The van der Waals surface area contributed by atoms with E-state index in [0.29, 0.717) is 23.0 Å². The number of halogens is 1. The maximum Gasteiger partial charge on any atom is 0.189 e. The number of nitrogens with zero attached hydrogens (tertiary/aromatic N) is 2. The van der Waals surface area contributed by atoms with Crippen LogP contribution >= 0.6 is 11.6 Å². The van der Waals surface area contributed by atoms with Gasteiger partial charge in [0.25, 0.3) is 0 Å². The summed E-state index contributed by atoms with van der Waals surface area (Å²) in [7, 11) is 1.53. The Morgan fingerprint density at radius 3 is 2.79 bits per heavy atom. The number of benzene rings is 1. The van der Waals surface area contributed by atoms with Crippen molar-refractivity contribution < 1.29 is 9.53 Å². The minimum Gasteiger partial charge on any atom is -0.493 e. The number of aryl methyl sites for hydroxylation is 1. The van der Waals surface area contributed by atoms with Crippen molar-refractivity contribution in [1.82, 2.24) is 9.78 Å². The molecule has 100 valence electrons. The minimum absolute atomic E-state index is 0.0516. The van der Waals surface area contributed by atoms with Crippen LogP contribution in [0.2, 0.25) is 5.02 Å². The molecule has 1 aromatic heterocycles. The largest absolute Gasteiger partial charge is 0.493 e. The van der Waals surface area contributed by atoms with Gasteiger partial charge in [0.2, 0.25) is 0 Å². The van der Waals surface area contributed by atoms with Crippen molar-refractivity contribution in [1.29, 1.82) is 0 Å². The summed E-state index contributed by atoms with van der Waals surface area (Å²) in [5.74, 6) is 0.447. The Morgan fingerprint density at radius 1 is 1.42 bits per heavy atom. The van der Waals surface area contributed by atoms with Gasteiger partial charge in [-0.25, -0.2) is 0 Å². The molecule has 0 saturated heterocycles. The third kappa shape index (κ3) is 2.79.